The number of piperazine rings is 1. The van der Waals surface area contributed by atoms with E-state index in [1.165, 1.54) is 12.1 Å². The Morgan fingerprint density at radius 3 is 2.48 bits per heavy atom. The Morgan fingerprint density at radius 1 is 1.00 bits per heavy atom. The van der Waals surface area contributed by atoms with Crippen LogP contribution >= 0.6 is 34.8 Å². The van der Waals surface area contributed by atoms with Crippen molar-refractivity contribution in [2.24, 2.45) is 0 Å². The number of hydrogen-bond donors (Lipinski definition) is 0. The monoisotopic (exact) mass is 657 g/mol. The number of nitro groups is 1. The zero-order valence-corrected chi connectivity index (χ0v) is 25.9. The van der Waals surface area contributed by atoms with Crippen LogP contribution in [0.2, 0.25) is 15.1 Å². The molecule has 3 aromatic carbocycles. The molecule has 10 nitrogen and oxygen atoms in total. The van der Waals surface area contributed by atoms with Crippen molar-refractivity contribution < 1.29 is 19.1 Å². The van der Waals surface area contributed by atoms with Crippen molar-refractivity contribution in [1.82, 2.24) is 14.5 Å². The number of aromatic nitrogens is 2. The minimum absolute atomic E-state index is 0.00154. The first kappa shape index (κ1) is 30.6. The summed E-state index contributed by atoms with van der Waals surface area (Å²) < 4.78 is 20.7. The third kappa shape index (κ3) is 6.96. The summed E-state index contributed by atoms with van der Waals surface area (Å²) in [7, 11) is 0. The van der Waals surface area contributed by atoms with E-state index in [4.69, 9.17) is 49.0 Å². The number of anilines is 1. The zero-order chi connectivity index (χ0) is 30.7. The first-order chi connectivity index (χ1) is 21.3. The molecule has 2 aliphatic heterocycles. The van der Waals surface area contributed by atoms with Crippen LogP contribution in [0.3, 0.4) is 0 Å². The number of non-ortho nitro benzene ring substituents is 1. The third-order valence-electron chi connectivity index (χ3n) is 7.80. The second kappa shape index (κ2) is 13.3. The Bertz CT molecular complexity index is 1600. The maximum Gasteiger partial charge on any atom is 0.270 e. The fraction of sp³-hybridized carbons (Fsp3) is 0.323. The molecule has 13 heteroatoms. The molecule has 0 bridgehead atoms. The van der Waals surface area contributed by atoms with Crippen molar-refractivity contribution in [1.29, 1.82) is 0 Å². The first-order valence-electron chi connectivity index (χ1n) is 14.1. The molecule has 0 N–H and O–H groups in total. The molecule has 2 saturated heterocycles. The van der Waals surface area contributed by atoms with Crippen molar-refractivity contribution in [2.75, 3.05) is 44.3 Å². The average molecular weight is 659 g/mol. The quantitative estimate of drug-likeness (QED) is 0.142. The van der Waals surface area contributed by atoms with Gasteiger partial charge in [0.25, 0.3) is 5.69 Å². The number of benzene rings is 3. The Hall–Kier alpha value is -3.38. The zero-order valence-electron chi connectivity index (χ0n) is 23.7. The molecular formula is C31H30Cl3N5O5. The summed E-state index contributed by atoms with van der Waals surface area (Å²) in [6.45, 7) is 5.06. The van der Waals surface area contributed by atoms with Gasteiger partial charge in [0, 0.05) is 73.5 Å². The van der Waals surface area contributed by atoms with E-state index >= 15 is 0 Å². The molecule has 0 aliphatic carbocycles. The van der Waals surface area contributed by atoms with Crippen LogP contribution in [0.1, 0.15) is 11.1 Å². The van der Waals surface area contributed by atoms with Gasteiger partial charge in [-0.1, -0.05) is 40.9 Å². The predicted octanol–water partition coefficient (Wildman–Crippen LogP) is 6.42. The SMILES string of the molecule is O=[N+]([O-])c1ccc(CN2CCN(c3ccc(OC[C@@H]4CO[C@@](Cn5ccnc5)(c5ccc(Cl)cc5Cl)O4)cc3)CC2)c(Cl)c1. The number of rotatable bonds is 10. The van der Waals surface area contributed by atoms with E-state index in [0.717, 1.165) is 43.2 Å². The molecule has 1 aromatic heterocycles. The minimum atomic E-state index is -1.10. The van der Waals surface area contributed by atoms with Gasteiger partial charge in [0.05, 0.1) is 34.4 Å². The first-order valence-corrected chi connectivity index (χ1v) is 15.3. The smallest absolute Gasteiger partial charge is 0.270 e. The molecule has 6 rings (SSSR count). The summed E-state index contributed by atoms with van der Waals surface area (Å²) in [5.41, 5.74) is 2.70. The van der Waals surface area contributed by atoms with Crippen LogP contribution in [0.5, 0.6) is 5.75 Å². The van der Waals surface area contributed by atoms with Crippen molar-refractivity contribution in [3.05, 3.63) is 116 Å². The summed E-state index contributed by atoms with van der Waals surface area (Å²) in [5, 5.41) is 12.4. The van der Waals surface area contributed by atoms with Gasteiger partial charge < -0.3 is 23.7 Å². The molecule has 0 saturated carbocycles. The number of nitrogens with zero attached hydrogens (tertiary/aromatic N) is 5. The highest BCUT2D eigenvalue weighted by atomic mass is 35.5. The molecule has 0 spiro atoms. The van der Waals surface area contributed by atoms with Crippen LogP contribution in [0.15, 0.2) is 79.4 Å². The van der Waals surface area contributed by atoms with Crippen LogP contribution in [-0.4, -0.2) is 64.9 Å². The van der Waals surface area contributed by atoms with Gasteiger partial charge in [0.1, 0.15) is 18.5 Å². The Balaban J connectivity index is 1.02. The maximum atomic E-state index is 11.0. The molecule has 3 heterocycles. The summed E-state index contributed by atoms with van der Waals surface area (Å²) in [6.07, 6.45) is 4.94. The van der Waals surface area contributed by atoms with Gasteiger partial charge in [-0.3, -0.25) is 15.0 Å². The number of ether oxygens (including phenoxy) is 3. The number of nitro benzene ring substituents is 1. The van der Waals surface area contributed by atoms with E-state index in [-0.39, 0.29) is 11.8 Å². The lowest BCUT2D eigenvalue weighted by Gasteiger charge is -2.36. The van der Waals surface area contributed by atoms with Crippen molar-refractivity contribution in [3.63, 3.8) is 0 Å². The van der Waals surface area contributed by atoms with E-state index in [1.54, 1.807) is 30.7 Å². The van der Waals surface area contributed by atoms with Crippen molar-refractivity contribution in [2.45, 2.75) is 25.0 Å². The van der Waals surface area contributed by atoms with Gasteiger partial charge in [0.15, 0.2) is 0 Å². The van der Waals surface area contributed by atoms with Gasteiger partial charge in [-0.25, -0.2) is 4.98 Å². The lowest BCUT2D eigenvalue weighted by molar-refractivity contribution is -0.384. The van der Waals surface area contributed by atoms with Gasteiger partial charge in [-0.05, 0) is 48.0 Å². The van der Waals surface area contributed by atoms with Crippen LogP contribution in [0, 0.1) is 10.1 Å². The summed E-state index contributed by atoms with van der Waals surface area (Å²) in [4.78, 5) is 19.3. The lowest BCUT2D eigenvalue weighted by Crippen LogP contribution is -2.46. The Kier molecular flexibility index (Phi) is 9.27. The van der Waals surface area contributed by atoms with Crippen LogP contribution < -0.4 is 9.64 Å². The predicted molar refractivity (Wildman–Crippen MR) is 169 cm³/mol. The molecule has 2 atom stereocenters. The van der Waals surface area contributed by atoms with E-state index in [0.29, 0.717) is 46.9 Å². The second-order valence-electron chi connectivity index (χ2n) is 10.8. The molecule has 0 amide bonds. The Morgan fingerprint density at radius 2 is 1.80 bits per heavy atom. The van der Waals surface area contributed by atoms with Crippen LogP contribution in [0.25, 0.3) is 0 Å². The number of halogens is 3. The summed E-state index contributed by atoms with van der Waals surface area (Å²) in [6, 6.07) is 18.0. The van der Waals surface area contributed by atoms with Gasteiger partial charge in [-0.15, -0.1) is 0 Å². The van der Waals surface area contributed by atoms with Gasteiger partial charge in [0.2, 0.25) is 5.79 Å². The van der Waals surface area contributed by atoms with Gasteiger partial charge in [-0.2, -0.15) is 0 Å². The lowest BCUT2D eigenvalue weighted by atomic mass is 10.1. The molecule has 0 radical (unpaired) electrons. The second-order valence-corrected chi connectivity index (χ2v) is 12.0. The Labute approximate surface area is 269 Å². The fourth-order valence-corrected chi connectivity index (χ4v) is 6.29. The fourth-order valence-electron chi connectivity index (χ4n) is 5.50. The van der Waals surface area contributed by atoms with Crippen LogP contribution in [-0.2, 0) is 28.4 Å². The molecule has 0 unspecified atom stereocenters. The highest BCUT2D eigenvalue weighted by Crippen LogP contribution is 2.40. The minimum Gasteiger partial charge on any atom is -0.491 e. The molecule has 2 fully saturated rings. The molecular weight excluding hydrogens is 629 g/mol. The largest absolute Gasteiger partial charge is 0.491 e. The topological polar surface area (TPSA) is 95.1 Å². The van der Waals surface area contributed by atoms with Crippen LogP contribution in [0.4, 0.5) is 11.4 Å². The standard InChI is InChI=1S/C31H30Cl3N5O5/c32-23-2-8-28(30(34)15-23)31(20-37-10-9-35-21-37)43-19-27(44-31)18-42-26-6-4-24(5-7-26)38-13-11-36(12-14-38)17-22-1-3-25(39(40)41)16-29(22)33/h1-10,15-16,21,27H,11-14,17-20H2/t27-,31-/m1/s1. The number of hydrogen-bond acceptors (Lipinski definition) is 8. The number of imidazole rings is 1. The molecule has 44 heavy (non-hydrogen) atoms. The summed E-state index contributed by atoms with van der Waals surface area (Å²) in [5.74, 6) is -0.368. The van der Waals surface area contributed by atoms with E-state index in [9.17, 15) is 10.1 Å². The van der Waals surface area contributed by atoms with E-state index in [2.05, 4.69) is 26.9 Å². The van der Waals surface area contributed by atoms with E-state index < -0.39 is 10.7 Å². The molecule has 230 valence electrons. The highest BCUT2D eigenvalue weighted by molar-refractivity contribution is 6.35. The van der Waals surface area contributed by atoms with Crippen molar-refractivity contribution in [3.8, 4) is 5.75 Å². The average Bonchev–Trinajstić information content (AvgIpc) is 3.68. The maximum absolute atomic E-state index is 11.0. The van der Waals surface area contributed by atoms with E-state index in [1.807, 2.05) is 29.0 Å². The summed E-state index contributed by atoms with van der Waals surface area (Å²) >= 11 is 19.0. The molecule has 2 aliphatic rings. The molecule has 4 aromatic rings. The van der Waals surface area contributed by atoms with Crippen molar-refractivity contribution >= 4 is 46.2 Å². The third-order valence-corrected chi connectivity index (χ3v) is 8.70. The van der Waals surface area contributed by atoms with Gasteiger partial charge >= 0.3 is 0 Å². The normalized spacial score (nSPS) is 20.6. The highest BCUT2D eigenvalue weighted by Gasteiger charge is 2.45.